The van der Waals surface area contributed by atoms with Gasteiger partial charge in [-0.05, 0) is 25.5 Å². The number of carbonyl (C=O) groups excluding carboxylic acids is 1. The summed E-state index contributed by atoms with van der Waals surface area (Å²) in [5.74, 6) is -0.130. The van der Waals surface area contributed by atoms with Crippen molar-refractivity contribution < 1.29 is 9.53 Å². The molecule has 1 saturated heterocycles. The lowest BCUT2D eigenvalue weighted by Gasteiger charge is -2.33. The maximum absolute atomic E-state index is 11.9. The molecule has 1 aliphatic rings. The second kappa shape index (κ2) is 5.85. The molecular weight excluding hydrogens is 266 g/mol. The van der Waals surface area contributed by atoms with Crippen LogP contribution in [-0.4, -0.2) is 40.3 Å². The topological polar surface area (TPSA) is 47.4 Å². The van der Waals surface area contributed by atoms with Gasteiger partial charge in [0.15, 0.2) is 0 Å². The van der Waals surface area contributed by atoms with Crippen LogP contribution in [-0.2, 0) is 23.1 Å². The summed E-state index contributed by atoms with van der Waals surface area (Å²) < 4.78 is 6.85. The fraction of sp³-hybridized carbons (Fsp3) is 0.500. The van der Waals surface area contributed by atoms with E-state index in [1.165, 1.54) is 7.11 Å². The van der Waals surface area contributed by atoms with E-state index in [-0.39, 0.29) is 12.0 Å². The van der Waals surface area contributed by atoms with Crippen LogP contribution in [0.3, 0.4) is 0 Å². The normalized spacial score (nSPS) is 19.8. The zero-order chi connectivity index (χ0) is 14.8. The van der Waals surface area contributed by atoms with E-state index in [1.807, 2.05) is 23.9 Å². The zero-order valence-corrected chi connectivity index (χ0v) is 12.6. The molecule has 1 aliphatic heterocycles. The molecule has 0 amide bonds. The van der Waals surface area contributed by atoms with Crippen molar-refractivity contribution in [3.05, 3.63) is 30.0 Å². The van der Waals surface area contributed by atoms with Crippen molar-refractivity contribution in [2.24, 2.45) is 7.05 Å². The van der Waals surface area contributed by atoms with Crippen molar-refractivity contribution in [1.29, 1.82) is 0 Å². The van der Waals surface area contributed by atoms with Gasteiger partial charge in [-0.3, -0.25) is 14.4 Å². The van der Waals surface area contributed by atoms with Gasteiger partial charge in [0.1, 0.15) is 6.04 Å². The van der Waals surface area contributed by atoms with Crippen molar-refractivity contribution in [3.8, 4) is 0 Å². The summed E-state index contributed by atoms with van der Waals surface area (Å²) in [5, 5.41) is 5.79. The highest BCUT2D eigenvalue weighted by atomic mass is 16.5. The molecule has 0 aliphatic carbocycles. The number of rotatable bonds is 3. The van der Waals surface area contributed by atoms with Crippen LogP contribution in [0.4, 0.5) is 0 Å². The van der Waals surface area contributed by atoms with Crippen LogP contribution < -0.4 is 0 Å². The predicted molar refractivity (Wildman–Crippen MR) is 80.8 cm³/mol. The van der Waals surface area contributed by atoms with Crippen molar-refractivity contribution in [1.82, 2.24) is 14.7 Å². The fourth-order valence-corrected chi connectivity index (χ4v) is 3.18. The van der Waals surface area contributed by atoms with E-state index in [0.29, 0.717) is 6.54 Å². The number of aryl methyl sites for hydroxylation is 1. The Balaban J connectivity index is 1.88. The number of ether oxygens (including phenoxy) is 1. The van der Waals surface area contributed by atoms with Gasteiger partial charge < -0.3 is 4.74 Å². The molecule has 2 heterocycles. The third kappa shape index (κ3) is 2.65. The third-order valence-corrected chi connectivity index (χ3v) is 4.27. The van der Waals surface area contributed by atoms with Crippen molar-refractivity contribution in [3.63, 3.8) is 0 Å². The second-order valence-corrected chi connectivity index (χ2v) is 5.59. The Labute approximate surface area is 124 Å². The summed E-state index contributed by atoms with van der Waals surface area (Å²) in [6.45, 7) is 1.62. The van der Waals surface area contributed by atoms with E-state index < -0.39 is 0 Å². The number of carbonyl (C=O) groups is 1. The minimum absolute atomic E-state index is 0.130. The summed E-state index contributed by atoms with van der Waals surface area (Å²) in [4.78, 5) is 14.1. The molecule has 5 heteroatoms. The standard InChI is InChI=1S/C16H21N3O2/c1-18-14-8-4-3-7-12(14)13(17-18)11-19-10-6-5-9-15(19)16(20)21-2/h3-4,7-8,15H,5-6,9-11H2,1-2H3/t15-/m1/s1. The highest BCUT2D eigenvalue weighted by Gasteiger charge is 2.30. The highest BCUT2D eigenvalue weighted by Crippen LogP contribution is 2.24. The molecule has 1 aromatic carbocycles. The summed E-state index contributed by atoms with van der Waals surface area (Å²) in [7, 11) is 3.42. The first-order chi connectivity index (χ1) is 10.2. The molecule has 0 bridgehead atoms. The smallest absolute Gasteiger partial charge is 0.323 e. The van der Waals surface area contributed by atoms with Crippen LogP contribution in [0, 0.1) is 0 Å². The summed E-state index contributed by atoms with van der Waals surface area (Å²) >= 11 is 0. The number of para-hydroxylation sites is 1. The Hall–Kier alpha value is -1.88. The molecule has 0 spiro atoms. The molecule has 0 N–H and O–H groups in total. The van der Waals surface area contributed by atoms with E-state index in [2.05, 4.69) is 22.1 Å². The largest absolute Gasteiger partial charge is 0.468 e. The lowest BCUT2D eigenvalue weighted by Crippen LogP contribution is -2.44. The Morgan fingerprint density at radius 1 is 1.38 bits per heavy atom. The number of likely N-dealkylation sites (tertiary alicyclic amines) is 1. The molecule has 112 valence electrons. The Morgan fingerprint density at radius 2 is 2.19 bits per heavy atom. The molecule has 21 heavy (non-hydrogen) atoms. The number of esters is 1. The van der Waals surface area contributed by atoms with E-state index >= 15 is 0 Å². The van der Waals surface area contributed by atoms with Crippen molar-refractivity contribution in [2.75, 3.05) is 13.7 Å². The molecule has 1 aromatic heterocycles. The third-order valence-electron chi connectivity index (χ3n) is 4.27. The summed E-state index contributed by atoms with van der Waals surface area (Å²) in [6.07, 6.45) is 3.08. The highest BCUT2D eigenvalue weighted by molar-refractivity contribution is 5.82. The van der Waals surface area contributed by atoms with Gasteiger partial charge in [-0.25, -0.2) is 0 Å². The molecule has 1 atom stereocenters. The van der Waals surface area contributed by atoms with E-state index in [0.717, 1.165) is 42.4 Å². The molecule has 0 radical (unpaired) electrons. The Morgan fingerprint density at radius 3 is 3.00 bits per heavy atom. The van der Waals surface area contributed by atoms with Gasteiger partial charge in [0.05, 0.1) is 18.3 Å². The molecule has 0 unspecified atom stereocenters. The van der Waals surface area contributed by atoms with E-state index in [1.54, 1.807) is 0 Å². The predicted octanol–water partition coefficient (Wildman–Crippen LogP) is 2.10. The minimum atomic E-state index is -0.135. The average molecular weight is 287 g/mol. The van der Waals surface area contributed by atoms with Crippen molar-refractivity contribution >= 4 is 16.9 Å². The number of piperidine rings is 1. The first-order valence-electron chi connectivity index (χ1n) is 7.43. The number of nitrogens with zero attached hydrogens (tertiary/aromatic N) is 3. The fourth-order valence-electron chi connectivity index (χ4n) is 3.18. The lowest BCUT2D eigenvalue weighted by atomic mass is 10.0. The summed E-state index contributed by atoms with van der Waals surface area (Å²) in [5.41, 5.74) is 2.16. The van der Waals surface area contributed by atoms with Crippen LogP contribution >= 0.6 is 0 Å². The molecular formula is C16H21N3O2. The number of methoxy groups -OCH3 is 1. The van der Waals surface area contributed by atoms with Crippen LogP contribution in [0.15, 0.2) is 24.3 Å². The van der Waals surface area contributed by atoms with Crippen LogP contribution in [0.2, 0.25) is 0 Å². The number of hydrogen-bond donors (Lipinski definition) is 0. The minimum Gasteiger partial charge on any atom is -0.468 e. The number of hydrogen-bond acceptors (Lipinski definition) is 4. The van der Waals surface area contributed by atoms with Gasteiger partial charge in [0.25, 0.3) is 0 Å². The van der Waals surface area contributed by atoms with Gasteiger partial charge in [-0.1, -0.05) is 24.6 Å². The van der Waals surface area contributed by atoms with Gasteiger partial charge in [-0.2, -0.15) is 5.10 Å². The lowest BCUT2D eigenvalue weighted by molar-refractivity contribution is -0.148. The molecule has 0 saturated carbocycles. The second-order valence-electron chi connectivity index (χ2n) is 5.59. The van der Waals surface area contributed by atoms with Gasteiger partial charge in [0, 0.05) is 19.0 Å². The zero-order valence-electron chi connectivity index (χ0n) is 12.6. The van der Waals surface area contributed by atoms with Gasteiger partial charge >= 0.3 is 5.97 Å². The van der Waals surface area contributed by atoms with Gasteiger partial charge in [0.2, 0.25) is 0 Å². The van der Waals surface area contributed by atoms with Crippen molar-refractivity contribution in [2.45, 2.75) is 31.8 Å². The first kappa shape index (κ1) is 14.1. The first-order valence-corrected chi connectivity index (χ1v) is 7.43. The Kier molecular flexibility index (Phi) is 3.92. The quantitative estimate of drug-likeness (QED) is 0.811. The van der Waals surface area contributed by atoms with Crippen LogP contribution in [0.25, 0.3) is 10.9 Å². The number of benzene rings is 1. The van der Waals surface area contributed by atoms with Gasteiger partial charge in [-0.15, -0.1) is 0 Å². The number of fused-ring (bicyclic) bond motifs is 1. The maximum atomic E-state index is 11.9. The maximum Gasteiger partial charge on any atom is 0.323 e. The van der Waals surface area contributed by atoms with Crippen LogP contribution in [0.1, 0.15) is 25.0 Å². The molecule has 3 rings (SSSR count). The van der Waals surface area contributed by atoms with Crippen LogP contribution in [0.5, 0.6) is 0 Å². The molecule has 5 nitrogen and oxygen atoms in total. The average Bonchev–Trinajstić information content (AvgIpc) is 2.84. The number of aromatic nitrogens is 2. The molecule has 2 aromatic rings. The SMILES string of the molecule is COC(=O)[C@H]1CCCCN1Cc1nn(C)c2ccccc12. The molecule has 1 fully saturated rings. The van der Waals surface area contributed by atoms with E-state index in [4.69, 9.17) is 4.74 Å². The van der Waals surface area contributed by atoms with E-state index in [9.17, 15) is 4.79 Å². The monoisotopic (exact) mass is 287 g/mol. The Bertz CT molecular complexity index is 650. The summed E-state index contributed by atoms with van der Waals surface area (Å²) in [6, 6.07) is 8.08.